The van der Waals surface area contributed by atoms with E-state index >= 15 is 0 Å². The summed E-state index contributed by atoms with van der Waals surface area (Å²) in [6.45, 7) is 3.10. The van der Waals surface area contributed by atoms with Gasteiger partial charge in [-0.1, -0.05) is 59.3 Å². The predicted octanol–water partition coefficient (Wildman–Crippen LogP) is 4.62. The van der Waals surface area contributed by atoms with Gasteiger partial charge in [0.05, 0.1) is 0 Å². The first kappa shape index (κ1) is 13.7. The maximum atomic E-state index is 6.21. The lowest BCUT2D eigenvalue weighted by Crippen LogP contribution is -2.29. The third-order valence-corrected chi connectivity index (χ3v) is 4.44. The second kappa shape index (κ2) is 5.98. The summed E-state index contributed by atoms with van der Waals surface area (Å²) in [7, 11) is 0. The van der Waals surface area contributed by atoms with E-state index in [0.29, 0.717) is 6.04 Å². The van der Waals surface area contributed by atoms with Crippen molar-refractivity contribution in [3.63, 3.8) is 0 Å². The van der Waals surface area contributed by atoms with Gasteiger partial charge in [0, 0.05) is 28.1 Å². The first-order valence-electron chi connectivity index (χ1n) is 7.03. The van der Waals surface area contributed by atoms with Crippen LogP contribution in [0, 0.1) is 0 Å². The molecule has 3 rings (SSSR count). The number of rotatable bonds is 3. The van der Waals surface area contributed by atoms with E-state index in [4.69, 9.17) is 4.74 Å². The monoisotopic (exact) mass is 331 g/mol. The van der Waals surface area contributed by atoms with Gasteiger partial charge in [-0.15, -0.1) is 0 Å². The molecule has 2 aromatic carbocycles. The number of benzene rings is 2. The Bertz CT molecular complexity index is 599. The minimum absolute atomic E-state index is 0.0875. The number of hydrogen-bond acceptors (Lipinski definition) is 2. The Labute approximate surface area is 128 Å². The molecule has 0 aliphatic carbocycles. The van der Waals surface area contributed by atoms with Gasteiger partial charge in [-0.25, -0.2) is 0 Å². The zero-order valence-corrected chi connectivity index (χ0v) is 13.1. The molecular formula is C17H18BrNO. The van der Waals surface area contributed by atoms with Crippen molar-refractivity contribution in [1.82, 2.24) is 5.32 Å². The van der Waals surface area contributed by atoms with E-state index in [0.717, 1.165) is 23.2 Å². The van der Waals surface area contributed by atoms with Gasteiger partial charge in [0.25, 0.3) is 0 Å². The third kappa shape index (κ3) is 2.60. The lowest BCUT2D eigenvalue weighted by Gasteiger charge is -2.33. The molecule has 0 saturated heterocycles. The molecule has 0 fully saturated rings. The smallest absolute Gasteiger partial charge is 0.127 e. The van der Waals surface area contributed by atoms with Crippen molar-refractivity contribution in [1.29, 1.82) is 0 Å². The van der Waals surface area contributed by atoms with Crippen LogP contribution in [0.2, 0.25) is 0 Å². The van der Waals surface area contributed by atoms with Gasteiger partial charge in [0.15, 0.2) is 0 Å². The number of nitrogens with one attached hydrogen (secondary N) is 1. The molecule has 2 aromatic rings. The summed E-state index contributed by atoms with van der Waals surface area (Å²) < 4.78 is 7.32. The van der Waals surface area contributed by atoms with Gasteiger partial charge in [-0.05, 0) is 18.7 Å². The first-order chi connectivity index (χ1) is 9.79. The summed E-state index contributed by atoms with van der Waals surface area (Å²) in [5.41, 5.74) is 2.47. The lowest BCUT2D eigenvalue weighted by atomic mass is 9.93. The average Bonchev–Trinajstić information content (AvgIpc) is 2.48. The number of ether oxygens (including phenoxy) is 1. The van der Waals surface area contributed by atoms with Crippen molar-refractivity contribution in [3.05, 3.63) is 64.1 Å². The molecule has 20 heavy (non-hydrogen) atoms. The van der Waals surface area contributed by atoms with Crippen molar-refractivity contribution in [2.24, 2.45) is 0 Å². The van der Waals surface area contributed by atoms with E-state index in [1.54, 1.807) is 0 Å². The summed E-state index contributed by atoms with van der Waals surface area (Å²) in [5.74, 6) is 0.991. The molecule has 0 spiro atoms. The largest absolute Gasteiger partial charge is 0.485 e. The summed E-state index contributed by atoms with van der Waals surface area (Å²) >= 11 is 3.63. The molecule has 104 valence electrons. The predicted molar refractivity (Wildman–Crippen MR) is 85.0 cm³/mol. The molecule has 1 aliphatic heterocycles. The van der Waals surface area contributed by atoms with E-state index in [-0.39, 0.29) is 6.10 Å². The number of halogens is 1. The second-order valence-electron chi connectivity index (χ2n) is 5.01. The third-order valence-electron chi connectivity index (χ3n) is 3.72. The zero-order valence-electron chi connectivity index (χ0n) is 11.5. The zero-order chi connectivity index (χ0) is 13.9. The molecule has 1 aliphatic rings. The summed E-state index contributed by atoms with van der Waals surface area (Å²) in [6, 6.07) is 17.0. The molecular weight excluding hydrogens is 314 g/mol. The van der Waals surface area contributed by atoms with E-state index in [2.05, 4.69) is 64.6 Å². The van der Waals surface area contributed by atoms with Crippen LogP contribution in [-0.4, -0.2) is 6.54 Å². The number of fused-ring (bicyclic) bond motifs is 1. The highest BCUT2D eigenvalue weighted by atomic mass is 79.9. The summed E-state index contributed by atoms with van der Waals surface area (Å²) in [5, 5.41) is 3.56. The van der Waals surface area contributed by atoms with Crippen molar-refractivity contribution < 1.29 is 4.74 Å². The van der Waals surface area contributed by atoms with Crippen LogP contribution in [0.1, 0.15) is 36.6 Å². The molecule has 0 saturated carbocycles. The van der Waals surface area contributed by atoms with Gasteiger partial charge in [-0.2, -0.15) is 0 Å². The summed E-state index contributed by atoms with van der Waals surface area (Å²) in [4.78, 5) is 0. The normalized spacial score (nSPS) is 21.1. The fourth-order valence-corrected chi connectivity index (χ4v) is 3.32. The maximum absolute atomic E-state index is 6.21. The average molecular weight is 332 g/mol. The molecule has 1 heterocycles. The van der Waals surface area contributed by atoms with Crippen LogP contribution in [0.25, 0.3) is 0 Å². The fourth-order valence-electron chi connectivity index (χ4n) is 2.78. The maximum Gasteiger partial charge on any atom is 0.127 e. The topological polar surface area (TPSA) is 21.3 Å². The van der Waals surface area contributed by atoms with Crippen molar-refractivity contribution in [2.75, 3.05) is 6.54 Å². The Kier molecular flexibility index (Phi) is 4.08. The molecule has 0 bridgehead atoms. The molecule has 1 N–H and O–H groups in total. The fraction of sp³-hybridized carbons (Fsp3) is 0.294. The van der Waals surface area contributed by atoms with Crippen LogP contribution >= 0.6 is 15.9 Å². The lowest BCUT2D eigenvalue weighted by molar-refractivity contribution is 0.151. The standard InChI is InChI=1S/C17H18BrNO/c1-2-19-15-11-17(12-7-3-5-9-14(12)18)20-16-10-6-4-8-13(15)16/h3-10,15,17,19H,2,11H2,1H3. The number of hydrogen-bond donors (Lipinski definition) is 1. The van der Waals surface area contributed by atoms with E-state index in [9.17, 15) is 0 Å². The SMILES string of the molecule is CCNC1CC(c2ccccc2Br)Oc2ccccc21. The molecule has 0 aromatic heterocycles. The minimum Gasteiger partial charge on any atom is -0.485 e. The molecule has 3 heteroatoms. The van der Waals surface area contributed by atoms with Crippen molar-refractivity contribution >= 4 is 15.9 Å². The first-order valence-corrected chi connectivity index (χ1v) is 7.82. The van der Waals surface area contributed by atoms with Crippen LogP contribution in [0.15, 0.2) is 53.0 Å². The van der Waals surface area contributed by atoms with Gasteiger partial charge in [0.2, 0.25) is 0 Å². The second-order valence-corrected chi connectivity index (χ2v) is 5.87. The van der Waals surface area contributed by atoms with E-state index < -0.39 is 0 Å². The Balaban J connectivity index is 1.96. The van der Waals surface area contributed by atoms with E-state index in [1.165, 1.54) is 11.1 Å². The van der Waals surface area contributed by atoms with Gasteiger partial charge in [0.1, 0.15) is 11.9 Å². The van der Waals surface area contributed by atoms with Gasteiger partial charge >= 0.3 is 0 Å². The quantitative estimate of drug-likeness (QED) is 0.885. The van der Waals surface area contributed by atoms with Crippen LogP contribution < -0.4 is 10.1 Å². The highest BCUT2D eigenvalue weighted by Gasteiger charge is 2.29. The Morgan fingerprint density at radius 3 is 2.55 bits per heavy atom. The van der Waals surface area contributed by atoms with E-state index in [1.807, 2.05) is 12.1 Å². The Morgan fingerprint density at radius 2 is 1.80 bits per heavy atom. The highest BCUT2D eigenvalue weighted by molar-refractivity contribution is 9.10. The molecule has 2 unspecified atom stereocenters. The van der Waals surface area contributed by atoms with Crippen LogP contribution in [0.4, 0.5) is 0 Å². The Hall–Kier alpha value is -1.32. The number of para-hydroxylation sites is 1. The molecule has 0 radical (unpaired) electrons. The summed E-state index contributed by atoms with van der Waals surface area (Å²) in [6.07, 6.45) is 1.04. The van der Waals surface area contributed by atoms with Crippen molar-refractivity contribution in [2.45, 2.75) is 25.5 Å². The van der Waals surface area contributed by atoms with Gasteiger partial charge < -0.3 is 10.1 Å². The molecule has 2 nitrogen and oxygen atoms in total. The van der Waals surface area contributed by atoms with Gasteiger partial charge in [-0.3, -0.25) is 0 Å². The minimum atomic E-state index is 0.0875. The van der Waals surface area contributed by atoms with Crippen LogP contribution in [0.3, 0.4) is 0 Å². The molecule has 0 amide bonds. The van der Waals surface area contributed by atoms with Crippen molar-refractivity contribution in [3.8, 4) is 5.75 Å². The van der Waals surface area contributed by atoms with Crippen LogP contribution in [-0.2, 0) is 0 Å². The Morgan fingerprint density at radius 1 is 1.10 bits per heavy atom. The van der Waals surface area contributed by atoms with Crippen LogP contribution in [0.5, 0.6) is 5.75 Å². The highest BCUT2D eigenvalue weighted by Crippen LogP contribution is 2.42. The molecule has 2 atom stereocenters.